The van der Waals surface area contributed by atoms with Gasteiger partial charge in [-0.15, -0.1) is 0 Å². The molecule has 1 rings (SSSR count). The number of methoxy groups -OCH3 is 1. The van der Waals surface area contributed by atoms with Crippen LogP contribution in [0, 0.1) is 0 Å². The van der Waals surface area contributed by atoms with Crippen molar-refractivity contribution in [1.82, 2.24) is 9.03 Å². The van der Waals surface area contributed by atoms with Gasteiger partial charge in [0, 0.05) is 20.1 Å². The lowest BCUT2D eigenvalue weighted by atomic mass is 10.1. The SMILES string of the molecule is COc1cccc(CN(C)S(=O)(=O)NCC(C)(C)O)c1. The minimum atomic E-state index is -3.63. The number of ether oxygens (including phenoxy) is 1. The normalized spacial score (nSPS) is 12.7. The summed E-state index contributed by atoms with van der Waals surface area (Å²) < 4.78 is 32.7. The Hall–Kier alpha value is -1.15. The van der Waals surface area contributed by atoms with Crippen LogP contribution < -0.4 is 9.46 Å². The summed E-state index contributed by atoms with van der Waals surface area (Å²) in [5.74, 6) is 0.678. The van der Waals surface area contributed by atoms with E-state index in [4.69, 9.17) is 4.74 Å². The summed E-state index contributed by atoms with van der Waals surface area (Å²) in [5.41, 5.74) is -0.273. The van der Waals surface area contributed by atoms with Gasteiger partial charge in [-0.1, -0.05) is 12.1 Å². The van der Waals surface area contributed by atoms with Crippen molar-refractivity contribution >= 4 is 10.2 Å². The van der Waals surface area contributed by atoms with E-state index >= 15 is 0 Å². The molecule has 20 heavy (non-hydrogen) atoms. The fraction of sp³-hybridized carbons (Fsp3) is 0.538. The lowest BCUT2D eigenvalue weighted by Gasteiger charge is -2.22. The Kier molecular flexibility index (Phi) is 5.52. The molecule has 0 aliphatic rings. The van der Waals surface area contributed by atoms with Crippen molar-refractivity contribution in [3.63, 3.8) is 0 Å². The van der Waals surface area contributed by atoms with E-state index in [0.717, 1.165) is 5.56 Å². The molecule has 0 aromatic heterocycles. The van der Waals surface area contributed by atoms with Gasteiger partial charge in [0.1, 0.15) is 5.75 Å². The predicted octanol–water partition coefficient (Wildman–Crippen LogP) is 0.732. The van der Waals surface area contributed by atoms with Crippen LogP contribution in [0.15, 0.2) is 24.3 Å². The summed E-state index contributed by atoms with van der Waals surface area (Å²) in [6, 6.07) is 7.20. The first-order valence-electron chi connectivity index (χ1n) is 6.20. The molecule has 7 heteroatoms. The van der Waals surface area contributed by atoms with E-state index in [1.54, 1.807) is 25.3 Å². The number of hydrogen-bond acceptors (Lipinski definition) is 4. The van der Waals surface area contributed by atoms with Gasteiger partial charge in [0.15, 0.2) is 0 Å². The first kappa shape index (κ1) is 16.9. The van der Waals surface area contributed by atoms with Crippen LogP contribution in [0.4, 0.5) is 0 Å². The maximum atomic E-state index is 12.0. The number of hydrogen-bond donors (Lipinski definition) is 2. The zero-order valence-electron chi connectivity index (χ0n) is 12.3. The third kappa shape index (κ3) is 5.46. The number of nitrogens with zero attached hydrogens (tertiary/aromatic N) is 1. The van der Waals surface area contributed by atoms with E-state index in [2.05, 4.69) is 4.72 Å². The zero-order valence-corrected chi connectivity index (χ0v) is 13.1. The van der Waals surface area contributed by atoms with Crippen LogP contribution in [-0.2, 0) is 16.8 Å². The van der Waals surface area contributed by atoms with E-state index in [0.29, 0.717) is 5.75 Å². The fourth-order valence-electron chi connectivity index (χ4n) is 1.49. The third-order valence-electron chi connectivity index (χ3n) is 2.64. The second-order valence-corrected chi connectivity index (χ2v) is 7.11. The Morgan fingerprint density at radius 3 is 2.60 bits per heavy atom. The summed E-state index contributed by atoms with van der Waals surface area (Å²) in [6.07, 6.45) is 0. The smallest absolute Gasteiger partial charge is 0.279 e. The van der Waals surface area contributed by atoms with Crippen molar-refractivity contribution in [1.29, 1.82) is 0 Å². The van der Waals surface area contributed by atoms with Crippen molar-refractivity contribution in [2.45, 2.75) is 26.0 Å². The Labute approximate surface area is 120 Å². The van der Waals surface area contributed by atoms with Gasteiger partial charge in [-0.25, -0.2) is 0 Å². The summed E-state index contributed by atoms with van der Waals surface area (Å²) in [6.45, 7) is 3.26. The van der Waals surface area contributed by atoms with Crippen molar-refractivity contribution < 1.29 is 18.3 Å². The standard InChI is InChI=1S/C13H22N2O4S/c1-13(2,16)10-14-20(17,18)15(3)9-11-6-5-7-12(8-11)19-4/h5-8,14,16H,9-10H2,1-4H3. The minimum Gasteiger partial charge on any atom is -0.497 e. The quantitative estimate of drug-likeness (QED) is 0.778. The second-order valence-electron chi connectivity index (χ2n) is 5.25. The van der Waals surface area contributed by atoms with Gasteiger partial charge in [-0.05, 0) is 31.5 Å². The highest BCUT2D eigenvalue weighted by Gasteiger charge is 2.21. The fourth-order valence-corrected chi connectivity index (χ4v) is 2.57. The molecule has 0 spiro atoms. The average Bonchev–Trinajstić information content (AvgIpc) is 2.36. The molecule has 114 valence electrons. The van der Waals surface area contributed by atoms with Crippen LogP contribution in [-0.4, -0.2) is 44.1 Å². The Morgan fingerprint density at radius 2 is 2.05 bits per heavy atom. The number of benzene rings is 1. The van der Waals surface area contributed by atoms with E-state index in [1.807, 2.05) is 6.07 Å². The molecule has 0 heterocycles. The van der Waals surface area contributed by atoms with Crippen LogP contribution in [0.25, 0.3) is 0 Å². The zero-order chi connectivity index (χ0) is 15.4. The van der Waals surface area contributed by atoms with Crippen molar-refractivity contribution in [2.75, 3.05) is 20.7 Å². The molecule has 0 aliphatic carbocycles. The Balaban J connectivity index is 2.71. The van der Waals surface area contributed by atoms with Crippen molar-refractivity contribution in [3.8, 4) is 5.75 Å². The highest BCUT2D eigenvalue weighted by atomic mass is 32.2. The number of nitrogens with one attached hydrogen (secondary N) is 1. The molecule has 0 saturated heterocycles. The maximum Gasteiger partial charge on any atom is 0.279 e. The van der Waals surface area contributed by atoms with E-state index in [9.17, 15) is 13.5 Å². The van der Waals surface area contributed by atoms with E-state index in [-0.39, 0.29) is 13.1 Å². The third-order valence-corrected chi connectivity index (χ3v) is 4.10. The van der Waals surface area contributed by atoms with Crippen LogP contribution in [0.3, 0.4) is 0 Å². The van der Waals surface area contributed by atoms with Crippen LogP contribution in [0.5, 0.6) is 5.75 Å². The molecule has 0 aliphatic heterocycles. The summed E-state index contributed by atoms with van der Waals surface area (Å²) in [4.78, 5) is 0. The van der Waals surface area contributed by atoms with Crippen LogP contribution >= 0.6 is 0 Å². The van der Waals surface area contributed by atoms with Gasteiger partial charge < -0.3 is 9.84 Å². The molecule has 0 fully saturated rings. The molecule has 0 amide bonds. The molecule has 0 radical (unpaired) electrons. The minimum absolute atomic E-state index is 0.0439. The van der Waals surface area contributed by atoms with Crippen molar-refractivity contribution in [3.05, 3.63) is 29.8 Å². The summed E-state index contributed by atoms with van der Waals surface area (Å²) >= 11 is 0. The van der Waals surface area contributed by atoms with Gasteiger partial charge >= 0.3 is 0 Å². The highest BCUT2D eigenvalue weighted by Crippen LogP contribution is 2.14. The molecule has 0 bridgehead atoms. The molecule has 2 N–H and O–H groups in total. The predicted molar refractivity (Wildman–Crippen MR) is 77.7 cm³/mol. The molecular weight excluding hydrogens is 280 g/mol. The van der Waals surface area contributed by atoms with Gasteiger partial charge in [0.25, 0.3) is 10.2 Å². The summed E-state index contributed by atoms with van der Waals surface area (Å²) in [7, 11) is -0.590. The van der Waals surface area contributed by atoms with Gasteiger partial charge in [-0.2, -0.15) is 17.4 Å². The van der Waals surface area contributed by atoms with Crippen molar-refractivity contribution in [2.24, 2.45) is 0 Å². The molecule has 6 nitrogen and oxygen atoms in total. The molecule has 0 atom stereocenters. The second kappa shape index (κ2) is 6.53. The number of rotatable bonds is 7. The van der Waals surface area contributed by atoms with Gasteiger partial charge in [-0.3, -0.25) is 0 Å². The van der Waals surface area contributed by atoms with Gasteiger partial charge in [0.05, 0.1) is 12.7 Å². The first-order chi connectivity index (χ1) is 9.14. The van der Waals surface area contributed by atoms with Crippen LogP contribution in [0.2, 0.25) is 0 Å². The van der Waals surface area contributed by atoms with E-state index < -0.39 is 15.8 Å². The van der Waals surface area contributed by atoms with E-state index in [1.165, 1.54) is 25.2 Å². The highest BCUT2D eigenvalue weighted by molar-refractivity contribution is 7.87. The molecule has 0 saturated carbocycles. The summed E-state index contributed by atoms with van der Waals surface area (Å²) in [5, 5.41) is 9.56. The topological polar surface area (TPSA) is 78.9 Å². The lowest BCUT2D eigenvalue weighted by molar-refractivity contribution is 0.0852. The largest absolute Gasteiger partial charge is 0.497 e. The maximum absolute atomic E-state index is 12.0. The monoisotopic (exact) mass is 302 g/mol. The van der Waals surface area contributed by atoms with Gasteiger partial charge in [0.2, 0.25) is 0 Å². The average molecular weight is 302 g/mol. The molecule has 1 aromatic rings. The first-order valence-corrected chi connectivity index (χ1v) is 7.64. The molecule has 1 aromatic carbocycles. The molecule has 0 unspecified atom stereocenters. The Bertz CT molecular complexity index is 538. The molecular formula is C13H22N2O4S. The van der Waals surface area contributed by atoms with Crippen LogP contribution in [0.1, 0.15) is 19.4 Å². The Morgan fingerprint density at radius 1 is 1.40 bits per heavy atom. The number of aliphatic hydroxyl groups is 1. The lowest BCUT2D eigenvalue weighted by Crippen LogP contribution is -2.44.